The summed E-state index contributed by atoms with van der Waals surface area (Å²) in [6, 6.07) is 13.2. The number of hydrogen-bond acceptors (Lipinski definition) is 6. The van der Waals surface area contributed by atoms with Crippen molar-refractivity contribution in [3.05, 3.63) is 59.9 Å². The van der Waals surface area contributed by atoms with Gasteiger partial charge in [0.1, 0.15) is 18.0 Å². The van der Waals surface area contributed by atoms with E-state index in [1.54, 1.807) is 0 Å². The number of cyclic esters (lactones) is 1. The van der Waals surface area contributed by atoms with Gasteiger partial charge in [-0.25, -0.2) is 9.18 Å². The molecular weight excluding hydrogens is 433 g/mol. The molecule has 2 aromatic carbocycles. The number of benzene rings is 2. The van der Waals surface area contributed by atoms with E-state index in [4.69, 9.17) is 9.47 Å². The van der Waals surface area contributed by atoms with Gasteiger partial charge in [-0.05, 0) is 23.8 Å². The first-order valence-corrected chi connectivity index (χ1v) is 10.5. The molecule has 2 atom stereocenters. The van der Waals surface area contributed by atoms with Gasteiger partial charge in [0, 0.05) is 20.0 Å². The molecule has 176 valence electrons. The largest absolute Gasteiger partial charge is 0.442 e. The minimum atomic E-state index is -0.975. The summed E-state index contributed by atoms with van der Waals surface area (Å²) in [7, 11) is 0. The van der Waals surface area contributed by atoms with Crippen LogP contribution in [-0.4, -0.2) is 54.9 Å². The van der Waals surface area contributed by atoms with Crippen LogP contribution >= 0.6 is 0 Å². The highest BCUT2D eigenvalue weighted by Gasteiger charge is 2.33. The number of anilines is 2. The molecule has 33 heavy (non-hydrogen) atoms. The number of nitrogens with one attached hydrogen (secondary N) is 2. The van der Waals surface area contributed by atoms with E-state index in [0.29, 0.717) is 0 Å². The molecule has 0 spiro atoms. The zero-order valence-corrected chi connectivity index (χ0v) is 18.1. The molecule has 0 saturated carbocycles. The molecule has 3 amide bonds. The Morgan fingerprint density at radius 3 is 2.70 bits per heavy atom. The van der Waals surface area contributed by atoms with Gasteiger partial charge in [-0.15, -0.1) is 0 Å². The number of rotatable bonds is 10. The predicted octanol–water partition coefficient (Wildman–Crippen LogP) is 2.19. The average molecular weight is 459 g/mol. The molecule has 0 bridgehead atoms. The number of aliphatic hydroxyl groups excluding tert-OH is 1. The Hall–Kier alpha value is -3.50. The molecule has 1 heterocycles. The van der Waals surface area contributed by atoms with Crippen molar-refractivity contribution in [2.24, 2.45) is 0 Å². The Morgan fingerprint density at radius 2 is 2.03 bits per heavy atom. The van der Waals surface area contributed by atoms with Crippen molar-refractivity contribution in [1.82, 2.24) is 5.32 Å². The highest BCUT2D eigenvalue weighted by atomic mass is 19.1. The third-order valence-corrected chi connectivity index (χ3v) is 4.95. The van der Waals surface area contributed by atoms with Gasteiger partial charge >= 0.3 is 6.09 Å². The van der Waals surface area contributed by atoms with Crippen LogP contribution in [0.25, 0.3) is 0 Å². The van der Waals surface area contributed by atoms with Gasteiger partial charge in [0.25, 0.3) is 5.91 Å². The van der Waals surface area contributed by atoms with E-state index in [-0.39, 0.29) is 50.0 Å². The molecule has 1 saturated heterocycles. The molecule has 0 aliphatic carbocycles. The maximum absolute atomic E-state index is 14.7. The topological polar surface area (TPSA) is 117 Å². The summed E-state index contributed by atoms with van der Waals surface area (Å²) >= 11 is 0. The van der Waals surface area contributed by atoms with Gasteiger partial charge in [-0.1, -0.05) is 30.3 Å². The number of carbonyl (C=O) groups is 3. The van der Waals surface area contributed by atoms with Crippen molar-refractivity contribution < 1.29 is 33.4 Å². The summed E-state index contributed by atoms with van der Waals surface area (Å²) in [6.07, 6.45) is -2.13. The molecule has 0 radical (unpaired) electrons. The van der Waals surface area contributed by atoms with Crippen LogP contribution in [0.1, 0.15) is 18.9 Å². The van der Waals surface area contributed by atoms with Gasteiger partial charge in [0.2, 0.25) is 5.91 Å². The SMILES string of the molecule is CC(=O)NC[C@H]1CN(c2ccc(NC(=O)C(CCO)OCc3ccccc3)c(F)c2)C(=O)O1. The normalized spacial score (nSPS) is 16.3. The first-order chi connectivity index (χ1) is 15.9. The number of halogens is 1. The lowest BCUT2D eigenvalue weighted by Gasteiger charge is -2.18. The van der Waals surface area contributed by atoms with Crippen LogP contribution in [0, 0.1) is 5.82 Å². The summed E-state index contributed by atoms with van der Waals surface area (Å²) in [5.74, 6) is -1.59. The summed E-state index contributed by atoms with van der Waals surface area (Å²) in [5.41, 5.74) is 1.03. The quantitative estimate of drug-likeness (QED) is 0.502. The lowest BCUT2D eigenvalue weighted by Crippen LogP contribution is -2.33. The van der Waals surface area contributed by atoms with Crippen LogP contribution in [0.5, 0.6) is 0 Å². The summed E-state index contributed by atoms with van der Waals surface area (Å²) in [4.78, 5) is 37.0. The van der Waals surface area contributed by atoms with Crippen LogP contribution in [0.2, 0.25) is 0 Å². The standard InChI is InChI=1S/C23H26FN3O6/c1-15(29)25-12-18-13-27(23(31)33-18)17-7-8-20(19(24)11-17)26-22(30)21(9-10-28)32-14-16-5-3-2-4-6-16/h2-8,11,18,21,28H,9-10,12-14H2,1H3,(H,25,29)(H,26,30)/t18-,21?/m0/s1. The second kappa shape index (κ2) is 11.4. The predicted molar refractivity (Wildman–Crippen MR) is 118 cm³/mol. The van der Waals surface area contributed by atoms with Gasteiger partial charge in [0.15, 0.2) is 0 Å². The molecule has 1 unspecified atom stereocenters. The maximum Gasteiger partial charge on any atom is 0.414 e. The number of carbonyl (C=O) groups excluding carboxylic acids is 3. The van der Waals surface area contributed by atoms with Crippen LogP contribution in [0.4, 0.5) is 20.6 Å². The van der Waals surface area contributed by atoms with Crippen LogP contribution in [0.3, 0.4) is 0 Å². The fourth-order valence-corrected chi connectivity index (χ4v) is 3.26. The van der Waals surface area contributed by atoms with E-state index in [1.165, 1.54) is 24.0 Å². The number of aliphatic hydroxyl groups is 1. The zero-order chi connectivity index (χ0) is 23.8. The van der Waals surface area contributed by atoms with E-state index in [9.17, 15) is 23.9 Å². The van der Waals surface area contributed by atoms with Gasteiger partial charge in [-0.2, -0.15) is 0 Å². The first kappa shape index (κ1) is 24.1. The van der Waals surface area contributed by atoms with E-state index in [0.717, 1.165) is 11.6 Å². The minimum Gasteiger partial charge on any atom is -0.442 e. The molecule has 2 aromatic rings. The van der Waals surface area contributed by atoms with Crippen molar-refractivity contribution in [2.45, 2.75) is 32.2 Å². The number of ether oxygens (including phenoxy) is 2. The Morgan fingerprint density at radius 1 is 1.27 bits per heavy atom. The van der Waals surface area contributed by atoms with Crippen molar-refractivity contribution in [3.8, 4) is 0 Å². The average Bonchev–Trinajstić information content (AvgIpc) is 3.17. The van der Waals surface area contributed by atoms with Crippen LogP contribution in [-0.2, 0) is 25.7 Å². The first-order valence-electron chi connectivity index (χ1n) is 10.5. The number of amides is 3. The highest BCUT2D eigenvalue weighted by molar-refractivity contribution is 5.95. The molecule has 9 nitrogen and oxygen atoms in total. The summed E-state index contributed by atoms with van der Waals surface area (Å²) in [5, 5.41) is 14.3. The number of hydrogen-bond donors (Lipinski definition) is 3. The fourth-order valence-electron chi connectivity index (χ4n) is 3.26. The van der Waals surface area contributed by atoms with Gasteiger partial charge in [-0.3, -0.25) is 14.5 Å². The molecule has 10 heteroatoms. The summed E-state index contributed by atoms with van der Waals surface area (Å²) < 4.78 is 25.5. The zero-order valence-electron chi connectivity index (χ0n) is 18.1. The van der Waals surface area contributed by atoms with Crippen LogP contribution in [0.15, 0.2) is 48.5 Å². The maximum atomic E-state index is 14.7. The second-order valence-corrected chi connectivity index (χ2v) is 7.50. The van der Waals surface area contributed by atoms with Crippen LogP contribution < -0.4 is 15.5 Å². The number of nitrogens with zero attached hydrogens (tertiary/aromatic N) is 1. The lowest BCUT2D eigenvalue weighted by molar-refractivity contribution is -0.129. The molecule has 3 N–H and O–H groups in total. The second-order valence-electron chi connectivity index (χ2n) is 7.50. The van der Waals surface area contributed by atoms with Crippen molar-refractivity contribution in [2.75, 3.05) is 29.9 Å². The molecular formula is C23H26FN3O6. The van der Waals surface area contributed by atoms with Gasteiger partial charge < -0.3 is 25.2 Å². The smallest absolute Gasteiger partial charge is 0.414 e. The van der Waals surface area contributed by atoms with E-state index in [2.05, 4.69) is 10.6 Å². The Kier molecular flexibility index (Phi) is 8.34. The molecule has 1 aliphatic rings. The van der Waals surface area contributed by atoms with Gasteiger partial charge in [0.05, 0.1) is 31.1 Å². The van der Waals surface area contributed by atoms with E-state index >= 15 is 0 Å². The highest BCUT2D eigenvalue weighted by Crippen LogP contribution is 2.26. The van der Waals surface area contributed by atoms with E-state index < -0.39 is 30.0 Å². The summed E-state index contributed by atoms with van der Waals surface area (Å²) in [6.45, 7) is 1.55. The molecule has 1 fully saturated rings. The van der Waals surface area contributed by atoms with Crippen molar-refractivity contribution in [3.63, 3.8) is 0 Å². The fraction of sp³-hybridized carbons (Fsp3) is 0.348. The third kappa shape index (κ3) is 6.74. The van der Waals surface area contributed by atoms with Crippen molar-refractivity contribution in [1.29, 1.82) is 0 Å². The third-order valence-electron chi connectivity index (χ3n) is 4.95. The monoisotopic (exact) mass is 459 g/mol. The Balaban J connectivity index is 1.62. The minimum absolute atomic E-state index is 0.0493. The Labute approximate surface area is 190 Å². The molecule has 1 aliphatic heterocycles. The Bertz CT molecular complexity index is 987. The van der Waals surface area contributed by atoms with E-state index in [1.807, 2.05) is 30.3 Å². The van der Waals surface area contributed by atoms with Crippen molar-refractivity contribution >= 4 is 29.3 Å². The molecule has 0 aromatic heterocycles. The molecule has 3 rings (SSSR count). The lowest BCUT2D eigenvalue weighted by atomic mass is 10.2.